The fourth-order valence-corrected chi connectivity index (χ4v) is 1.57. The Morgan fingerprint density at radius 1 is 1.09 bits per heavy atom. The van der Waals surface area contributed by atoms with Crippen LogP contribution in [0.15, 0.2) is 36.7 Å². The minimum Gasteiger partial charge on any atom is -0.444 e. The predicted octanol–water partition coefficient (Wildman–Crippen LogP) is 3.71. The molecule has 2 heterocycles. The molecule has 2 aromatic rings. The van der Waals surface area contributed by atoms with Crippen LogP contribution in [0.5, 0.6) is 0 Å². The molecule has 6 nitrogen and oxygen atoms in total. The first-order chi connectivity index (χ1) is 10.7. The Kier molecular flexibility index (Phi) is 6.50. The summed E-state index contributed by atoms with van der Waals surface area (Å²) in [5.74, 6) is 1.09. The van der Waals surface area contributed by atoms with Gasteiger partial charge in [0.15, 0.2) is 0 Å². The number of rotatable bonds is 1. The molecular formula is C17H24N4O2. The van der Waals surface area contributed by atoms with Gasteiger partial charge < -0.3 is 10.5 Å². The number of pyridine rings is 2. The molecule has 0 radical (unpaired) electrons. The number of hydrogen-bond donors (Lipinski definition) is 2. The topological polar surface area (TPSA) is 90.1 Å². The molecule has 2 rings (SSSR count). The smallest absolute Gasteiger partial charge is 0.413 e. The largest absolute Gasteiger partial charge is 0.444 e. The maximum atomic E-state index is 11.4. The summed E-state index contributed by atoms with van der Waals surface area (Å²) in [6, 6.07) is 7.39. The van der Waals surface area contributed by atoms with Gasteiger partial charge in [-0.2, -0.15) is 0 Å². The first-order valence-electron chi connectivity index (χ1n) is 7.26. The number of nitrogens with one attached hydrogen (secondary N) is 1. The number of nitrogens with two attached hydrogens (primary N) is 1. The quantitative estimate of drug-likeness (QED) is 0.837. The summed E-state index contributed by atoms with van der Waals surface area (Å²) < 4.78 is 5.09. The van der Waals surface area contributed by atoms with E-state index in [1.807, 2.05) is 52.8 Å². The van der Waals surface area contributed by atoms with Gasteiger partial charge >= 0.3 is 6.09 Å². The van der Waals surface area contributed by atoms with Crippen molar-refractivity contribution in [2.45, 2.75) is 40.2 Å². The molecule has 0 fully saturated rings. The van der Waals surface area contributed by atoms with E-state index in [4.69, 9.17) is 10.5 Å². The Bertz CT molecular complexity index is 634. The highest BCUT2D eigenvalue weighted by molar-refractivity contribution is 5.83. The van der Waals surface area contributed by atoms with Gasteiger partial charge in [0, 0.05) is 12.4 Å². The van der Waals surface area contributed by atoms with Crippen molar-refractivity contribution in [3.05, 3.63) is 47.8 Å². The first-order valence-corrected chi connectivity index (χ1v) is 7.26. The van der Waals surface area contributed by atoms with Crippen LogP contribution in [0, 0.1) is 13.8 Å². The van der Waals surface area contributed by atoms with Crippen molar-refractivity contribution >= 4 is 17.7 Å². The highest BCUT2D eigenvalue weighted by Gasteiger charge is 2.16. The Hall–Kier alpha value is -2.63. The minimum absolute atomic E-state index is 0.486. The summed E-state index contributed by atoms with van der Waals surface area (Å²) in [6.07, 6.45) is 2.85. The van der Waals surface area contributed by atoms with E-state index < -0.39 is 11.7 Å². The molecule has 23 heavy (non-hydrogen) atoms. The fourth-order valence-electron chi connectivity index (χ4n) is 1.57. The normalized spacial score (nSPS) is 10.3. The summed E-state index contributed by atoms with van der Waals surface area (Å²) in [5, 5.41) is 2.57. The zero-order valence-electron chi connectivity index (χ0n) is 14.3. The Labute approximate surface area is 137 Å². The van der Waals surface area contributed by atoms with Crippen molar-refractivity contribution in [3.8, 4) is 0 Å². The molecule has 0 bridgehead atoms. The molecule has 0 saturated heterocycles. The lowest BCUT2D eigenvalue weighted by atomic mass is 10.2. The predicted molar refractivity (Wildman–Crippen MR) is 92.2 cm³/mol. The monoisotopic (exact) mass is 316 g/mol. The van der Waals surface area contributed by atoms with Gasteiger partial charge in [-0.25, -0.2) is 14.8 Å². The summed E-state index contributed by atoms with van der Waals surface area (Å²) in [6.45, 7) is 9.36. The second-order valence-electron chi connectivity index (χ2n) is 6.10. The molecule has 2 aromatic heterocycles. The number of amides is 1. The number of anilines is 2. The van der Waals surface area contributed by atoms with Crippen molar-refractivity contribution in [1.82, 2.24) is 9.97 Å². The van der Waals surface area contributed by atoms with E-state index >= 15 is 0 Å². The molecule has 0 aliphatic rings. The number of carbonyl (C=O) groups is 1. The average molecular weight is 316 g/mol. The standard InChI is InChI=1S/C11H16N2O2.C6H8N2/c1-8-5-6-12-9(7-8)13-10(14)15-11(2,3)4;1-5-2-3-8-6(7)4-5/h5-7H,1-4H3,(H,12,13,14);2-4H,1H3,(H2,7,8). The van der Waals surface area contributed by atoms with Crippen LogP contribution in [0.2, 0.25) is 0 Å². The second kappa shape index (κ2) is 8.12. The van der Waals surface area contributed by atoms with Crippen LogP contribution >= 0.6 is 0 Å². The molecule has 124 valence electrons. The number of aryl methyl sites for hydroxylation is 2. The number of hydrogen-bond acceptors (Lipinski definition) is 5. The lowest BCUT2D eigenvalue weighted by Crippen LogP contribution is -2.27. The van der Waals surface area contributed by atoms with E-state index in [1.165, 1.54) is 0 Å². The molecule has 0 saturated carbocycles. The first kappa shape index (κ1) is 18.4. The third-order valence-electron chi connectivity index (χ3n) is 2.48. The highest BCUT2D eigenvalue weighted by atomic mass is 16.6. The van der Waals surface area contributed by atoms with Crippen LogP contribution in [0.1, 0.15) is 31.9 Å². The van der Waals surface area contributed by atoms with E-state index in [-0.39, 0.29) is 0 Å². The van der Waals surface area contributed by atoms with Gasteiger partial charge in [-0.05, 0) is 70.0 Å². The minimum atomic E-state index is -0.492. The van der Waals surface area contributed by atoms with Crippen molar-refractivity contribution in [2.24, 2.45) is 0 Å². The zero-order valence-corrected chi connectivity index (χ0v) is 14.3. The molecule has 0 aromatic carbocycles. The summed E-state index contributed by atoms with van der Waals surface area (Å²) >= 11 is 0. The Morgan fingerprint density at radius 3 is 2.09 bits per heavy atom. The molecule has 0 spiro atoms. The molecule has 3 N–H and O–H groups in total. The van der Waals surface area contributed by atoms with E-state index in [0.29, 0.717) is 11.6 Å². The van der Waals surface area contributed by atoms with E-state index in [9.17, 15) is 4.79 Å². The van der Waals surface area contributed by atoms with Crippen LogP contribution in [-0.4, -0.2) is 21.7 Å². The molecule has 0 unspecified atom stereocenters. The second-order valence-corrected chi connectivity index (χ2v) is 6.10. The summed E-state index contributed by atoms with van der Waals surface area (Å²) in [5.41, 5.74) is 7.04. The maximum absolute atomic E-state index is 11.4. The molecule has 1 amide bonds. The summed E-state index contributed by atoms with van der Waals surface area (Å²) in [7, 11) is 0. The van der Waals surface area contributed by atoms with Crippen LogP contribution in [0.4, 0.5) is 16.4 Å². The summed E-state index contributed by atoms with van der Waals surface area (Å²) in [4.78, 5) is 19.2. The van der Waals surface area contributed by atoms with Crippen molar-refractivity contribution in [1.29, 1.82) is 0 Å². The molecule has 6 heteroatoms. The number of nitrogen functional groups attached to an aromatic ring is 1. The van der Waals surface area contributed by atoms with Gasteiger partial charge in [-0.15, -0.1) is 0 Å². The van der Waals surface area contributed by atoms with E-state index in [2.05, 4.69) is 15.3 Å². The highest BCUT2D eigenvalue weighted by Crippen LogP contribution is 2.10. The average Bonchev–Trinajstić information content (AvgIpc) is 2.36. The van der Waals surface area contributed by atoms with Crippen molar-refractivity contribution in [3.63, 3.8) is 0 Å². The van der Waals surface area contributed by atoms with Crippen LogP contribution in [0.3, 0.4) is 0 Å². The lowest BCUT2D eigenvalue weighted by Gasteiger charge is -2.19. The molecular weight excluding hydrogens is 292 g/mol. The molecule has 0 aliphatic carbocycles. The Morgan fingerprint density at radius 2 is 1.65 bits per heavy atom. The molecule has 0 aliphatic heterocycles. The van der Waals surface area contributed by atoms with Gasteiger partial charge in [-0.1, -0.05) is 0 Å². The fraction of sp³-hybridized carbons (Fsp3) is 0.353. The molecule has 0 atom stereocenters. The van der Waals surface area contributed by atoms with Gasteiger partial charge in [0.05, 0.1) is 0 Å². The lowest BCUT2D eigenvalue weighted by molar-refractivity contribution is 0.0635. The Balaban J connectivity index is 0.000000277. The SMILES string of the molecule is Cc1ccnc(N)c1.Cc1ccnc(NC(=O)OC(C)(C)C)c1. The third-order valence-corrected chi connectivity index (χ3v) is 2.48. The van der Waals surface area contributed by atoms with E-state index in [1.54, 1.807) is 18.5 Å². The zero-order chi connectivity index (χ0) is 17.5. The van der Waals surface area contributed by atoms with Crippen molar-refractivity contribution in [2.75, 3.05) is 11.1 Å². The third kappa shape index (κ3) is 8.40. The van der Waals surface area contributed by atoms with Crippen molar-refractivity contribution < 1.29 is 9.53 Å². The van der Waals surface area contributed by atoms with E-state index in [0.717, 1.165) is 11.1 Å². The number of aromatic nitrogens is 2. The van der Waals surface area contributed by atoms with Gasteiger partial charge in [-0.3, -0.25) is 5.32 Å². The van der Waals surface area contributed by atoms with Crippen LogP contribution in [0.25, 0.3) is 0 Å². The van der Waals surface area contributed by atoms with Gasteiger partial charge in [0.25, 0.3) is 0 Å². The van der Waals surface area contributed by atoms with Gasteiger partial charge in [0.1, 0.15) is 17.2 Å². The maximum Gasteiger partial charge on any atom is 0.413 e. The number of ether oxygens (including phenoxy) is 1. The van der Waals surface area contributed by atoms with Crippen LogP contribution < -0.4 is 11.1 Å². The number of carbonyl (C=O) groups excluding carboxylic acids is 1. The number of nitrogens with zero attached hydrogens (tertiary/aromatic N) is 2. The van der Waals surface area contributed by atoms with Crippen LogP contribution in [-0.2, 0) is 4.74 Å². The van der Waals surface area contributed by atoms with Gasteiger partial charge in [0.2, 0.25) is 0 Å².